The average Bonchev–Trinajstić information content (AvgIpc) is 2.46. The fraction of sp³-hybridized carbons (Fsp3) is 0.500. The lowest BCUT2D eigenvalue weighted by molar-refractivity contribution is -0.154. The molecule has 1 aromatic rings. The molecule has 0 saturated carbocycles. The molecule has 1 unspecified atom stereocenters. The number of benzene rings is 1. The number of nitrogens with zero attached hydrogens (tertiary/aromatic N) is 1. The molecule has 7 nitrogen and oxygen atoms in total. The Balaban J connectivity index is 2.48. The van der Waals surface area contributed by atoms with Crippen LogP contribution in [-0.2, 0) is 19.6 Å². The molecular weight excluding hydrogens is 329 g/mol. The summed E-state index contributed by atoms with van der Waals surface area (Å²) in [6, 6.07) is 1.73. The molecule has 1 aromatic carbocycles. The number of carbonyl (C=O) groups is 1. The SMILES string of the molecule is COc1cc(S(=O)(=O)N2CC(C)(C)OCC2C(=O)O)ccc1F. The van der Waals surface area contributed by atoms with Gasteiger partial charge in [0.1, 0.15) is 6.04 Å². The van der Waals surface area contributed by atoms with Crippen molar-refractivity contribution in [1.82, 2.24) is 4.31 Å². The van der Waals surface area contributed by atoms with Crippen molar-refractivity contribution in [3.8, 4) is 5.75 Å². The van der Waals surface area contributed by atoms with Gasteiger partial charge in [-0.25, -0.2) is 12.8 Å². The zero-order valence-corrected chi connectivity index (χ0v) is 13.8. The topological polar surface area (TPSA) is 93.1 Å². The monoisotopic (exact) mass is 347 g/mol. The predicted octanol–water partition coefficient (Wildman–Crippen LogP) is 1.09. The molecule has 0 amide bonds. The molecule has 0 radical (unpaired) electrons. The number of halogens is 1. The molecule has 1 aliphatic heterocycles. The maximum Gasteiger partial charge on any atom is 0.324 e. The number of carboxylic acids is 1. The summed E-state index contributed by atoms with van der Waals surface area (Å²) in [7, 11) is -2.94. The van der Waals surface area contributed by atoms with Crippen LogP contribution in [0.4, 0.5) is 4.39 Å². The normalized spacial score (nSPS) is 21.8. The fourth-order valence-corrected chi connectivity index (χ4v) is 4.04. The molecule has 1 aliphatic rings. The third-order valence-electron chi connectivity index (χ3n) is 3.53. The van der Waals surface area contributed by atoms with Crippen LogP contribution >= 0.6 is 0 Å². The molecule has 0 aromatic heterocycles. The van der Waals surface area contributed by atoms with Gasteiger partial charge in [-0.15, -0.1) is 0 Å². The van der Waals surface area contributed by atoms with Crippen LogP contribution < -0.4 is 4.74 Å². The molecule has 0 spiro atoms. The number of hydrogen-bond donors (Lipinski definition) is 1. The second kappa shape index (κ2) is 6.06. The number of hydrogen-bond acceptors (Lipinski definition) is 5. The Morgan fingerprint density at radius 3 is 2.70 bits per heavy atom. The van der Waals surface area contributed by atoms with E-state index < -0.39 is 33.5 Å². The first kappa shape index (κ1) is 17.6. The van der Waals surface area contributed by atoms with Gasteiger partial charge in [0.2, 0.25) is 10.0 Å². The second-order valence-corrected chi connectivity index (χ2v) is 7.66. The van der Waals surface area contributed by atoms with Gasteiger partial charge in [-0.1, -0.05) is 0 Å². The summed E-state index contributed by atoms with van der Waals surface area (Å²) in [5.74, 6) is -2.24. The van der Waals surface area contributed by atoms with E-state index in [-0.39, 0.29) is 23.8 Å². The fourth-order valence-electron chi connectivity index (χ4n) is 2.30. The van der Waals surface area contributed by atoms with Gasteiger partial charge in [-0.3, -0.25) is 4.79 Å². The molecule has 23 heavy (non-hydrogen) atoms. The quantitative estimate of drug-likeness (QED) is 0.876. The highest BCUT2D eigenvalue weighted by molar-refractivity contribution is 7.89. The van der Waals surface area contributed by atoms with Crippen LogP contribution in [0.5, 0.6) is 5.75 Å². The third-order valence-corrected chi connectivity index (χ3v) is 5.38. The minimum absolute atomic E-state index is 0.133. The van der Waals surface area contributed by atoms with Crippen molar-refractivity contribution in [3.05, 3.63) is 24.0 Å². The van der Waals surface area contributed by atoms with Crippen molar-refractivity contribution in [2.24, 2.45) is 0 Å². The lowest BCUT2D eigenvalue weighted by atomic mass is 10.1. The third kappa shape index (κ3) is 3.46. The summed E-state index contributed by atoms with van der Waals surface area (Å²) in [5, 5.41) is 9.26. The van der Waals surface area contributed by atoms with E-state index in [1.165, 1.54) is 7.11 Å². The highest BCUT2D eigenvalue weighted by Crippen LogP contribution is 2.29. The maximum absolute atomic E-state index is 13.5. The summed E-state index contributed by atoms with van der Waals surface area (Å²) in [4.78, 5) is 11.1. The second-order valence-electron chi connectivity index (χ2n) is 5.77. The average molecular weight is 347 g/mol. The number of rotatable bonds is 4. The Labute approximate surface area is 133 Å². The van der Waals surface area contributed by atoms with E-state index in [1.54, 1.807) is 13.8 Å². The first-order valence-electron chi connectivity index (χ1n) is 6.80. The largest absolute Gasteiger partial charge is 0.494 e. The smallest absolute Gasteiger partial charge is 0.324 e. The minimum atomic E-state index is -4.15. The van der Waals surface area contributed by atoms with Crippen molar-refractivity contribution in [3.63, 3.8) is 0 Å². The van der Waals surface area contributed by atoms with Crippen LogP contribution in [0.15, 0.2) is 23.1 Å². The lowest BCUT2D eigenvalue weighted by Gasteiger charge is -2.40. The van der Waals surface area contributed by atoms with Gasteiger partial charge >= 0.3 is 5.97 Å². The van der Waals surface area contributed by atoms with E-state index in [1.807, 2.05) is 0 Å². The standard InChI is InChI=1S/C14H18FNO6S/c1-14(2)8-16(11(7-22-14)13(17)18)23(19,20)9-4-5-10(15)12(6-9)21-3/h4-6,11H,7-8H2,1-3H3,(H,17,18). The molecule has 1 N–H and O–H groups in total. The van der Waals surface area contributed by atoms with Crippen LogP contribution in [-0.4, -0.2) is 55.7 Å². The van der Waals surface area contributed by atoms with E-state index >= 15 is 0 Å². The molecule has 9 heteroatoms. The molecule has 1 heterocycles. The number of aliphatic carboxylic acids is 1. The van der Waals surface area contributed by atoms with Gasteiger partial charge in [-0.2, -0.15) is 4.31 Å². The van der Waals surface area contributed by atoms with Crippen LogP contribution in [0.1, 0.15) is 13.8 Å². The van der Waals surface area contributed by atoms with Gasteiger partial charge in [0.05, 0.1) is 24.2 Å². The van der Waals surface area contributed by atoms with Crippen LogP contribution in [0.25, 0.3) is 0 Å². The van der Waals surface area contributed by atoms with E-state index in [9.17, 15) is 22.7 Å². The molecule has 0 bridgehead atoms. The van der Waals surface area contributed by atoms with Crippen molar-refractivity contribution in [1.29, 1.82) is 0 Å². The Bertz CT molecular complexity index is 718. The molecule has 1 fully saturated rings. The van der Waals surface area contributed by atoms with Crippen molar-refractivity contribution in [2.75, 3.05) is 20.3 Å². The molecular formula is C14H18FNO6S. The number of methoxy groups -OCH3 is 1. The Hall–Kier alpha value is -1.71. The zero-order chi connectivity index (χ0) is 17.4. The van der Waals surface area contributed by atoms with Crippen LogP contribution in [0.2, 0.25) is 0 Å². The van der Waals surface area contributed by atoms with Crippen LogP contribution in [0, 0.1) is 5.82 Å². The zero-order valence-electron chi connectivity index (χ0n) is 12.9. The first-order valence-corrected chi connectivity index (χ1v) is 8.24. The van der Waals surface area contributed by atoms with Crippen molar-refractivity contribution >= 4 is 16.0 Å². The summed E-state index contributed by atoms with van der Waals surface area (Å²) in [6.45, 7) is 2.93. The number of carboxylic acid groups (broad SMARTS) is 1. The molecule has 1 atom stereocenters. The van der Waals surface area contributed by atoms with Gasteiger partial charge in [0, 0.05) is 12.6 Å². The van der Waals surface area contributed by atoms with Gasteiger partial charge in [-0.05, 0) is 26.0 Å². The predicted molar refractivity (Wildman–Crippen MR) is 78.3 cm³/mol. The number of ether oxygens (including phenoxy) is 2. The van der Waals surface area contributed by atoms with Crippen molar-refractivity contribution in [2.45, 2.75) is 30.4 Å². The summed E-state index contributed by atoms with van der Waals surface area (Å²) >= 11 is 0. The van der Waals surface area contributed by atoms with Crippen LogP contribution in [0.3, 0.4) is 0 Å². The van der Waals surface area contributed by atoms with E-state index in [2.05, 4.69) is 0 Å². The maximum atomic E-state index is 13.5. The highest BCUT2D eigenvalue weighted by atomic mass is 32.2. The molecule has 1 saturated heterocycles. The minimum Gasteiger partial charge on any atom is -0.494 e. The van der Waals surface area contributed by atoms with Crippen molar-refractivity contribution < 1.29 is 32.2 Å². The summed E-state index contributed by atoms with van der Waals surface area (Å²) < 4.78 is 50.1. The molecule has 2 rings (SSSR count). The van der Waals surface area contributed by atoms with Gasteiger partial charge in [0.15, 0.2) is 11.6 Å². The van der Waals surface area contributed by atoms with E-state index in [4.69, 9.17) is 9.47 Å². The highest BCUT2D eigenvalue weighted by Gasteiger charge is 2.44. The Morgan fingerprint density at radius 1 is 1.48 bits per heavy atom. The lowest BCUT2D eigenvalue weighted by Crippen LogP contribution is -2.58. The Kier molecular flexibility index (Phi) is 4.65. The number of sulfonamides is 1. The summed E-state index contributed by atoms with van der Waals surface area (Å²) in [5.41, 5.74) is -0.830. The van der Waals surface area contributed by atoms with E-state index in [0.717, 1.165) is 22.5 Å². The van der Waals surface area contributed by atoms with E-state index in [0.29, 0.717) is 0 Å². The Morgan fingerprint density at radius 2 is 2.13 bits per heavy atom. The number of morpholine rings is 1. The molecule has 0 aliphatic carbocycles. The molecule has 128 valence electrons. The summed E-state index contributed by atoms with van der Waals surface area (Å²) in [6.07, 6.45) is 0. The van der Waals surface area contributed by atoms with Gasteiger partial charge < -0.3 is 14.6 Å². The van der Waals surface area contributed by atoms with Gasteiger partial charge in [0.25, 0.3) is 0 Å². The first-order chi connectivity index (χ1) is 10.6.